The summed E-state index contributed by atoms with van der Waals surface area (Å²) in [7, 11) is 0. The van der Waals surface area contributed by atoms with Gasteiger partial charge in [-0.25, -0.2) is 0 Å². The van der Waals surface area contributed by atoms with Gasteiger partial charge >= 0.3 is 0 Å². The molecule has 0 radical (unpaired) electrons. The number of allylic oxidation sites excluding steroid dienone is 4. The van der Waals surface area contributed by atoms with Crippen molar-refractivity contribution in [1.82, 2.24) is 0 Å². The second kappa shape index (κ2) is 6.42. The van der Waals surface area contributed by atoms with E-state index < -0.39 is 0 Å². The Morgan fingerprint density at radius 3 is 2.59 bits per heavy atom. The van der Waals surface area contributed by atoms with Gasteiger partial charge in [-0.05, 0) is 63.2 Å². The van der Waals surface area contributed by atoms with E-state index in [1.54, 1.807) is 0 Å². The van der Waals surface area contributed by atoms with Crippen LogP contribution in [-0.4, -0.2) is 0 Å². The number of hydrogen-bond acceptors (Lipinski definition) is 0. The van der Waals surface area contributed by atoms with Crippen molar-refractivity contribution in [2.24, 2.45) is 17.3 Å². The summed E-state index contributed by atoms with van der Waals surface area (Å²) in [4.78, 5) is 0. The molecule has 0 spiro atoms. The van der Waals surface area contributed by atoms with E-state index in [2.05, 4.69) is 52.8 Å². The van der Waals surface area contributed by atoms with Crippen LogP contribution < -0.4 is 0 Å². The van der Waals surface area contributed by atoms with Gasteiger partial charge in [0.1, 0.15) is 0 Å². The molecule has 98 valence electrons. The first-order valence-corrected chi connectivity index (χ1v) is 7.27. The Kier molecular flexibility index (Phi) is 5.49. The minimum absolute atomic E-state index is 0.447. The minimum atomic E-state index is 0.447. The predicted octanol–water partition coefficient (Wildman–Crippen LogP) is 5.75. The van der Waals surface area contributed by atoms with Gasteiger partial charge in [0.15, 0.2) is 0 Å². The van der Waals surface area contributed by atoms with E-state index in [1.165, 1.54) is 37.7 Å². The normalized spacial score (nSPS) is 27.6. The topological polar surface area (TPSA) is 0 Å². The monoisotopic (exact) mass is 234 g/mol. The molecule has 3 atom stereocenters. The van der Waals surface area contributed by atoms with E-state index in [4.69, 9.17) is 0 Å². The van der Waals surface area contributed by atoms with Crippen LogP contribution >= 0.6 is 0 Å². The first-order chi connectivity index (χ1) is 7.96. The lowest BCUT2D eigenvalue weighted by Gasteiger charge is -2.38. The highest BCUT2D eigenvalue weighted by molar-refractivity contribution is 5.04. The van der Waals surface area contributed by atoms with Crippen LogP contribution in [0.2, 0.25) is 0 Å². The molecular formula is C17H30. The van der Waals surface area contributed by atoms with Gasteiger partial charge in [0, 0.05) is 0 Å². The van der Waals surface area contributed by atoms with Crippen LogP contribution in [0, 0.1) is 17.3 Å². The fourth-order valence-corrected chi connectivity index (χ4v) is 2.95. The summed E-state index contributed by atoms with van der Waals surface area (Å²) < 4.78 is 0. The second-order valence-corrected chi connectivity index (χ2v) is 6.43. The Morgan fingerprint density at radius 2 is 2.06 bits per heavy atom. The summed E-state index contributed by atoms with van der Waals surface area (Å²) in [5, 5.41) is 0. The SMILES string of the molecule is CC(C)=CCC[C@@H](C)[C@@H](C)[C@]1(C)C=CCCC1. The molecule has 0 aromatic carbocycles. The fraction of sp³-hybridized carbons (Fsp3) is 0.765. The average Bonchev–Trinajstić information content (AvgIpc) is 2.28. The van der Waals surface area contributed by atoms with Gasteiger partial charge in [0.05, 0.1) is 0 Å². The van der Waals surface area contributed by atoms with Crippen LogP contribution in [0.1, 0.15) is 66.7 Å². The molecule has 0 nitrogen and oxygen atoms in total. The van der Waals surface area contributed by atoms with Gasteiger partial charge in [-0.1, -0.05) is 44.6 Å². The molecule has 0 amide bonds. The summed E-state index contributed by atoms with van der Waals surface area (Å²) in [5.74, 6) is 1.61. The van der Waals surface area contributed by atoms with Gasteiger partial charge in [0.2, 0.25) is 0 Å². The molecule has 0 heterocycles. The molecule has 1 aliphatic rings. The zero-order valence-electron chi connectivity index (χ0n) is 12.4. The van der Waals surface area contributed by atoms with E-state index in [1.807, 2.05) is 0 Å². The lowest BCUT2D eigenvalue weighted by molar-refractivity contribution is 0.170. The molecule has 17 heavy (non-hydrogen) atoms. The molecule has 1 rings (SSSR count). The third-order valence-electron chi connectivity index (χ3n) is 4.65. The highest BCUT2D eigenvalue weighted by Crippen LogP contribution is 2.42. The average molecular weight is 234 g/mol. The van der Waals surface area contributed by atoms with E-state index in [-0.39, 0.29) is 0 Å². The summed E-state index contributed by atoms with van der Waals surface area (Å²) >= 11 is 0. The Balaban J connectivity index is 2.50. The number of rotatable bonds is 5. The molecule has 0 saturated carbocycles. The van der Waals surface area contributed by atoms with Crippen LogP contribution in [0.25, 0.3) is 0 Å². The molecule has 0 aromatic heterocycles. The molecule has 0 bridgehead atoms. The van der Waals surface area contributed by atoms with E-state index in [0.29, 0.717) is 5.41 Å². The standard InChI is InChI=1S/C17H30/c1-14(2)10-9-11-15(3)16(4)17(5)12-7-6-8-13-17/h7,10,12,15-16H,6,8-9,11,13H2,1-5H3/t15-,16-,17-/m1/s1. The van der Waals surface area contributed by atoms with Gasteiger partial charge in [-0.3, -0.25) is 0 Å². The van der Waals surface area contributed by atoms with Crippen molar-refractivity contribution in [2.45, 2.75) is 66.7 Å². The Labute approximate surface area is 108 Å². The van der Waals surface area contributed by atoms with E-state index in [0.717, 1.165) is 11.8 Å². The van der Waals surface area contributed by atoms with Crippen molar-refractivity contribution >= 4 is 0 Å². The first-order valence-electron chi connectivity index (χ1n) is 7.27. The minimum Gasteiger partial charge on any atom is -0.0880 e. The predicted molar refractivity (Wildman–Crippen MR) is 78.1 cm³/mol. The van der Waals surface area contributed by atoms with Crippen molar-refractivity contribution in [1.29, 1.82) is 0 Å². The molecule has 0 fully saturated rings. The van der Waals surface area contributed by atoms with E-state index in [9.17, 15) is 0 Å². The summed E-state index contributed by atoms with van der Waals surface area (Å²) in [6.45, 7) is 11.7. The zero-order valence-corrected chi connectivity index (χ0v) is 12.4. The number of hydrogen-bond donors (Lipinski definition) is 0. The Morgan fingerprint density at radius 1 is 1.35 bits per heavy atom. The van der Waals surface area contributed by atoms with Crippen LogP contribution in [0.5, 0.6) is 0 Å². The largest absolute Gasteiger partial charge is 0.0880 e. The molecule has 1 aliphatic carbocycles. The van der Waals surface area contributed by atoms with Crippen LogP contribution in [0.15, 0.2) is 23.8 Å². The second-order valence-electron chi connectivity index (χ2n) is 6.43. The highest BCUT2D eigenvalue weighted by atomic mass is 14.4. The maximum Gasteiger partial charge on any atom is -0.0118 e. The fourth-order valence-electron chi connectivity index (χ4n) is 2.95. The Bertz CT molecular complexity index is 280. The zero-order chi connectivity index (χ0) is 12.9. The van der Waals surface area contributed by atoms with Crippen LogP contribution in [0.3, 0.4) is 0 Å². The molecule has 0 saturated heterocycles. The van der Waals surface area contributed by atoms with Crippen molar-refractivity contribution in [3.05, 3.63) is 23.8 Å². The molecule has 0 aromatic rings. The Hall–Kier alpha value is -0.520. The smallest absolute Gasteiger partial charge is 0.0118 e. The summed E-state index contributed by atoms with van der Waals surface area (Å²) in [6.07, 6.45) is 13.9. The third kappa shape index (κ3) is 4.33. The van der Waals surface area contributed by atoms with Crippen LogP contribution in [0.4, 0.5) is 0 Å². The van der Waals surface area contributed by atoms with Gasteiger partial charge < -0.3 is 0 Å². The van der Waals surface area contributed by atoms with Crippen molar-refractivity contribution in [3.63, 3.8) is 0 Å². The molecule has 0 aliphatic heterocycles. The van der Waals surface area contributed by atoms with Crippen LogP contribution in [-0.2, 0) is 0 Å². The third-order valence-corrected chi connectivity index (χ3v) is 4.65. The quantitative estimate of drug-likeness (QED) is 0.531. The molecular weight excluding hydrogens is 204 g/mol. The van der Waals surface area contributed by atoms with Crippen molar-refractivity contribution in [3.8, 4) is 0 Å². The maximum atomic E-state index is 2.48. The van der Waals surface area contributed by atoms with Crippen molar-refractivity contribution < 1.29 is 0 Å². The van der Waals surface area contributed by atoms with Crippen molar-refractivity contribution in [2.75, 3.05) is 0 Å². The lowest BCUT2D eigenvalue weighted by atomic mass is 9.66. The van der Waals surface area contributed by atoms with Gasteiger partial charge in [0.25, 0.3) is 0 Å². The summed E-state index contributed by atoms with van der Waals surface area (Å²) in [5.41, 5.74) is 1.90. The molecule has 0 heteroatoms. The van der Waals surface area contributed by atoms with Gasteiger partial charge in [-0.2, -0.15) is 0 Å². The summed E-state index contributed by atoms with van der Waals surface area (Å²) in [6, 6.07) is 0. The van der Waals surface area contributed by atoms with E-state index >= 15 is 0 Å². The lowest BCUT2D eigenvalue weighted by Crippen LogP contribution is -2.29. The maximum absolute atomic E-state index is 2.48. The first kappa shape index (κ1) is 14.5. The van der Waals surface area contributed by atoms with Gasteiger partial charge in [-0.15, -0.1) is 0 Å². The molecule has 0 unspecified atom stereocenters. The molecule has 0 N–H and O–H groups in total. The highest BCUT2D eigenvalue weighted by Gasteiger charge is 2.32.